The molecule has 1 heterocycles. The normalized spacial score (nSPS) is 25.1. The van der Waals surface area contributed by atoms with Crippen LogP contribution in [0.5, 0.6) is 0 Å². The fourth-order valence-corrected chi connectivity index (χ4v) is 3.00. The molecule has 1 aliphatic rings. The third-order valence-corrected chi connectivity index (χ3v) is 4.43. The largest absolute Gasteiger partial charge is 0.313 e. The molecule has 3 unspecified atom stereocenters. The summed E-state index contributed by atoms with van der Waals surface area (Å²) in [7, 11) is 1.84. The number of hydrogen-bond donors (Lipinski definition) is 1. The van der Waals surface area contributed by atoms with Gasteiger partial charge in [-0.15, -0.1) is 0 Å². The highest BCUT2D eigenvalue weighted by molar-refractivity contribution is 5.21. The minimum Gasteiger partial charge on any atom is -0.313 e. The average molecular weight is 282 g/mol. The van der Waals surface area contributed by atoms with E-state index < -0.39 is 11.6 Å². The molecule has 1 fully saturated rings. The molecule has 1 aliphatic heterocycles. The first-order chi connectivity index (χ1) is 9.49. The number of benzene rings is 1. The van der Waals surface area contributed by atoms with E-state index in [0.717, 1.165) is 44.0 Å². The summed E-state index contributed by atoms with van der Waals surface area (Å²) in [5, 5.41) is 3.16. The first-order valence-electron chi connectivity index (χ1n) is 7.35. The van der Waals surface area contributed by atoms with Crippen molar-refractivity contribution >= 4 is 0 Å². The molecule has 0 aliphatic carbocycles. The quantitative estimate of drug-likeness (QED) is 0.892. The zero-order valence-electron chi connectivity index (χ0n) is 12.5. The number of likely N-dealkylation sites (tertiary alicyclic amines) is 1. The van der Waals surface area contributed by atoms with Gasteiger partial charge in [-0.05, 0) is 49.5 Å². The van der Waals surface area contributed by atoms with Crippen molar-refractivity contribution in [2.24, 2.45) is 11.8 Å². The molecule has 1 aromatic carbocycles. The van der Waals surface area contributed by atoms with Crippen LogP contribution in [0.25, 0.3) is 0 Å². The third kappa shape index (κ3) is 3.76. The second-order valence-corrected chi connectivity index (χ2v) is 6.05. The summed E-state index contributed by atoms with van der Waals surface area (Å²) in [6.45, 7) is 7.76. The first-order valence-corrected chi connectivity index (χ1v) is 7.35. The maximum Gasteiger partial charge on any atom is 0.126 e. The molecule has 2 rings (SSSR count). The van der Waals surface area contributed by atoms with E-state index in [4.69, 9.17) is 0 Å². The van der Waals surface area contributed by atoms with Crippen molar-refractivity contribution in [1.29, 1.82) is 0 Å². The number of halogens is 2. The minimum atomic E-state index is -0.510. The van der Waals surface area contributed by atoms with E-state index in [0.29, 0.717) is 5.56 Å². The molecule has 0 spiro atoms. The van der Waals surface area contributed by atoms with Crippen LogP contribution in [0.1, 0.15) is 31.9 Å². The highest BCUT2D eigenvalue weighted by Crippen LogP contribution is 2.24. The zero-order valence-corrected chi connectivity index (χ0v) is 12.5. The Morgan fingerprint density at radius 2 is 1.70 bits per heavy atom. The number of rotatable bonds is 5. The maximum atomic E-state index is 13.3. The van der Waals surface area contributed by atoms with E-state index in [-0.39, 0.29) is 6.04 Å². The highest BCUT2D eigenvalue weighted by Gasteiger charge is 2.26. The molecule has 0 aromatic heterocycles. The maximum absolute atomic E-state index is 13.3. The number of nitrogens with one attached hydrogen (secondary N) is 1. The number of nitrogens with zero attached hydrogens (tertiary/aromatic N) is 1. The summed E-state index contributed by atoms with van der Waals surface area (Å²) in [5.74, 6) is 0.441. The van der Waals surface area contributed by atoms with Crippen LogP contribution >= 0.6 is 0 Å². The molecular formula is C16H24F2N2. The molecule has 3 atom stereocenters. The lowest BCUT2D eigenvalue weighted by molar-refractivity contribution is 0.301. The molecule has 1 aromatic rings. The van der Waals surface area contributed by atoms with Crippen molar-refractivity contribution < 1.29 is 8.78 Å². The summed E-state index contributed by atoms with van der Waals surface area (Å²) in [5.41, 5.74) is 0.685. The standard InChI is InChI=1S/C16H24F2N2/c1-11-9-20(10-12(11)2)5-4-16(19-3)13-6-14(17)8-15(18)7-13/h6-8,11-12,16,19H,4-5,9-10H2,1-3H3. The van der Waals surface area contributed by atoms with Crippen molar-refractivity contribution in [2.45, 2.75) is 26.3 Å². The van der Waals surface area contributed by atoms with Crippen molar-refractivity contribution in [2.75, 3.05) is 26.7 Å². The summed E-state index contributed by atoms with van der Waals surface area (Å²) in [4.78, 5) is 2.44. The van der Waals surface area contributed by atoms with Crippen molar-refractivity contribution in [3.05, 3.63) is 35.4 Å². The topological polar surface area (TPSA) is 15.3 Å². The Hall–Kier alpha value is -1.00. The van der Waals surface area contributed by atoms with E-state index in [2.05, 4.69) is 24.1 Å². The fraction of sp³-hybridized carbons (Fsp3) is 0.625. The monoisotopic (exact) mass is 282 g/mol. The van der Waals surface area contributed by atoms with Crippen LogP contribution in [0.2, 0.25) is 0 Å². The Morgan fingerprint density at radius 3 is 2.20 bits per heavy atom. The van der Waals surface area contributed by atoms with Crippen LogP contribution in [-0.4, -0.2) is 31.6 Å². The summed E-state index contributed by atoms with van der Waals surface area (Å²) < 4.78 is 26.6. The van der Waals surface area contributed by atoms with Gasteiger partial charge in [-0.25, -0.2) is 8.78 Å². The Balaban J connectivity index is 1.95. The Labute approximate surface area is 120 Å². The van der Waals surface area contributed by atoms with E-state index in [1.807, 2.05) is 7.05 Å². The van der Waals surface area contributed by atoms with Gasteiger partial charge in [0.05, 0.1) is 0 Å². The predicted molar refractivity (Wildman–Crippen MR) is 77.5 cm³/mol. The second-order valence-electron chi connectivity index (χ2n) is 6.05. The van der Waals surface area contributed by atoms with Crippen molar-refractivity contribution in [1.82, 2.24) is 10.2 Å². The minimum absolute atomic E-state index is 0.00795. The smallest absolute Gasteiger partial charge is 0.126 e. The molecule has 4 heteroatoms. The molecule has 0 radical (unpaired) electrons. The second kappa shape index (κ2) is 6.64. The van der Waals surface area contributed by atoms with Crippen LogP contribution in [0.15, 0.2) is 18.2 Å². The molecule has 20 heavy (non-hydrogen) atoms. The average Bonchev–Trinajstić information content (AvgIpc) is 2.68. The predicted octanol–water partition coefficient (Wildman–Crippen LogP) is 3.20. The van der Waals surface area contributed by atoms with E-state index in [9.17, 15) is 8.78 Å². The molecule has 2 nitrogen and oxygen atoms in total. The van der Waals surface area contributed by atoms with Crippen LogP contribution in [-0.2, 0) is 0 Å². The van der Waals surface area contributed by atoms with Gasteiger partial charge in [-0.2, -0.15) is 0 Å². The van der Waals surface area contributed by atoms with Gasteiger partial charge < -0.3 is 10.2 Å². The van der Waals surface area contributed by atoms with Gasteiger partial charge in [-0.3, -0.25) is 0 Å². The zero-order chi connectivity index (χ0) is 14.7. The molecular weight excluding hydrogens is 258 g/mol. The third-order valence-electron chi connectivity index (χ3n) is 4.43. The lowest BCUT2D eigenvalue weighted by atomic mass is 10.0. The van der Waals surface area contributed by atoms with Crippen LogP contribution in [0.3, 0.4) is 0 Å². The highest BCUT2D eigenvalue weighted by atomic mass is 19.1. The summed E-state index contributed by atoms with van der Waals surface area (Å²) in [6.07, 6.45) is 0.860. The lowest BCUT2D eigenvalue weighted by Gasteiger charge is -2.21. The van der Waals surface area contributed by atoms with Gasteiger partial charge in [0, 0.05) is 25.2 Å². The summed E-state index contributed by atoms with van der Waals surface area (Å²) in [6, 6.07) is 3.74. The SMILES string of the molecule is CNC(CCN1CC(C)C(C)C1)c1cc(F)cc(F)c1. The number of hydrogen-bond acceptors (Lipinski definition) is 2. The molecule has 0 amide bonds. The molecule has 0 saturated carbocycles. The molecule has 1 N–H and O–H groups in total. The first kappa shape index (κ1) is 15.4. The fourth-order valence-electron chi connectivity index (χ4n) is 3.00. The van der Waals surface area contributed by atoms with E-state index in [1.54, 1.807) is 0 Å². The Bertz CT molecular complexity index is 420. The van der Waals surface area contributed by atoms with Crippen LogP contribution < -0.4 is 5.32 Å². The van der Waals surface area contributed by atoms with Crippen LogP contribution in [0, 0.1) is 23.5 Å². The van der Waals surface area contributed by atoms with Crippen molar-refractivity contribution in [3.63, 3.8) is 0 Å². The molecule has 112 valence electrons. The van der Waals surface area contributed by atoms with Gasteiger partial charge in [-0.1, -0.05) is 13.8 Å². The molecule has 0 bridgehead atoms. The van der Waals surface area contributed by atoms with Gasteiger partial charge in [0.1, 0.15) is 11.6 Å². The van der Waals surface area contributed by atoms with Gasteiger partial charge in [0.15, 0.2) is 0 Å². The van der Waals surface area contributed by atoms with Crippen LogP contribution in [0.4, 0.5) is 8.78 Å². The van der Waals surface area contributed by atoms with Gasteiger partial charge in [0.25, 0.3) is 0 Å². The van der Waals surface area contributed by atoms with Gasteiger partial charge >= 0.3 is 0 Å². The van der Waals surface area contributed by atoms with Gasteiger partial charge in [0.2, 0.25) is 0 Å². The lowest BCUT2D eigenvalue weighted by Crippen LogP contribution is -2.27. The summed E-state index contributed by atoms with van der Waals surface area (Å²) >= 11 is 0. The van der Waals surface area contributed by atoms with E-state index in [1.165, 1.54) is 12.1 Å². The molecule has 1 saturated heterocycles. The van der Waals surface area contributed by atoms with E-state index >= 15 is 0 Å². The Morgan fingerprint density at radius 1 is 1.15 bits per heavy atom. The van der Waals surface area contributed by atoms with Crippen molar-refractivity contribution in [3.8, 4) is 0 Å². The Kier molecular flexibility index (Phi) is 5.11.